The van der Waals surface area contributed by atoms with E-state index in [1.807, 2.05) is 44.2 Å². The minimum Gasteiger partial charge on any atom is -0.488 e. The summed E-state index contributed by atoms with van der Waals surface area (Å²) in [5.41, 5.74) is 1.04. The molecule has 2 rings (SSSR count). The van der Waals surface area contributed by atoms with Gasteiger partial charge in [-0.3, -0.25) is 14.9 Å². The summed E-state index contributed by atoms with van der Waals surface area (Å²) >= 11 is 0. The van der Waals surface area contributed by atoms with Gasteiger partial charge in [-0.1, -0.05) is 30.3 Å². The van der Waals surface area contributed by atoms with Crippen LogP contribution in [0.3, 0.4) is 0 Å². The molecule has 0 saturated heterocycles. The van der Waals surface area contributed by atoms with Crippen molar-refractivity contribution in [2.45, 2.75) is 20.5 Å². The van der Waals surface area contributed by atoms with Gasteiger partial charge in [-0.15, -0.1) is 0 Å². The van der Waals surface area contributed by atoms with E-state index in [1.165, 1.54) is 18.2 Å². The van der Waals surface area contributed by atoms with Crippen LogP contribution in [-0.4, -0.2) is 28.8 Å². The molecule has 6 nitrogen and oxygen atoms in total. The van der Waals surface area contributed by atoms with Gasteiger partial charge in [0.05, 0.1) is 10.5 Å². The predicted molar refractivity (Wildman–Crippen MR) is 91.1 cm³/mol. The summed E-state index contributed by atoms with van der Waals surface area (Å²) in [4.78, 5) is 24.7. The summed E-state index contributed by atoms with van der Waals surface area (Å²) in [5.74, 6) is 0.0770. The Morgan fingerprint density at radius 3 is 2.38 bits per heavy atom. The van der Waals surface area contributed by atoms with Crippen molar-refractivity contribution in [3.8, 4) is 5.75 Å². The third kappa shape index (κ3) is 4.10. The zero-order chi connectivity index (χ0) is 17.5. The summed E-state index contributed by atoms with van der Waals surface area (Å²) in [6.07, 6.45) is 0. The van der Waals surface area contributed by atoms with Gasteiger partial charge < -0.3 is 9.64 Å². The van der Waals surface area contributed by atoms with E-state index in [0.29, 0.717) is 18.8 Å². The molecule has 0 aliphatic heterocycles. The molecule has 0 unspecified atom stereocenters. The van der Waals surface area contributed by atoms with Crippen molar-refractivity contribution in [3.05, 3.63) is 69.8 Å². The molecule has 0 radical (unpaired) electrons. The molecule has 0 heterocycles. The summed E-state index contributed by atoms with van der Waals surface area (Å²) in [6.45, 7) is 5.07. The Labute approximate surface area is 140 Å². The number of nitro groups is 1. The number of hydrogen-bond acceptors (Lipinski definition) is 4. The highest BCUT2D eigenvalue weighted by Gasteiger charge is 2.21. The molecular weight excluding hydrogens is 308 g/mol. The molecule has 24 heavy (non-hydrogen) atoms. The first-order valence-corrected chi connectivity index (χ1v) is 7.81. The van der Waals surface area contributed by atoms with Crippen LogP contribution >= 0.6 is 0 Å². The van der Waals surface area contributed by atoms with E-state index in [9.17, 15) is 14.9 Å². The molecule has 0 aliphatic rings. The Kier molecular flexibility index (Phi) is 5.89. The fourth-order valence-corrected chi connectivity index (χ4v) is 2.34. The number of benzene rings is 2. The maximum absolute atomic E-state index is 12.6. The fraction of sp³-hybridized carbons (Fsp3) is 0.278. The lowest BCUT2D eigenvalue weighted by Crippen LogP contribution is -2.30. The molecule has 0 aliphatic carbocycles. The molecule has 6 heteroatoms. The van der Waals surface area contributed by atoms with E-state index >= 15 is 0 Å². The zero-order valence-electron chi connectivity index (χ0n) is 13.8. The first-order valence-electron chi connectivity index (χ1n) is 7.81. The van der Waals surface area contributed by atoms with E-state index in [2.05, 4.69) is 0 Å². The number of amides is 1. The topological polar surface area (TPSA) is 72.7 Å². The van der Waals surface area contributed by atoms with Gasteiger partial charge in [0, 0.05) is 25.2 Å². The van der Waals surface area contributed by atoms with Crippen LogP contribution in [0.25, 0.3) is 0 Å². The predicted octanol–water partition coefficient (Wildman–Crippen LogP) is 3.66. The van der Waals surface area contributed by atoms with Crippen LogP contribution < -0.4 is 4.74 Å². The van der Waals surface area contributed by atoms with Crippen LogP contribution in [0.4, 0.5) is 5.69 Å². The molecule has 1 amide bonds. The lowest BCUT2D eigenvalue weighted by atomic mass is 10.1. The number of rotatable bonds is 7. The van der Waals surface area contributed by atoms with E-state index in [0.717, 1.165) is 5.56 Å². The molecule has 0 atom stereocenters. The van der Waals surface area contributed by atoms with Crippen LogP contribution in [0.15, 0.2) is 48.5 Å². The van der Waals surface area contributed by atoms with Crippen molar-refractivity contribution in [3.63, 3.8) is 0 Å². The maximum atomic E-state index is 12.6. The molecule has 0 bridgehead atoms. The quantitative estimate of drug-likeness (QED) is 0.574. The number of nitrogens with zero attached hydrogens (tertiary/aromatic N) is 2. The number of ether oxygens (including phenoxy) is 1. The van der Waals surface area contributed by atoms with Gasteiger partial charge in [-0.05, 0) is 25.5 Å². The third-order valence-electron chi connectivity index (χ3n) is 3.69. The Morgan fingerprint density at radius 1 is 1.12 bits per heavy atom. The van der Waals surface area contributed by atoms with E-state index in [1.54, 1.807) is 4.90 Å². The fourth-order valence-electron chi connectivity index (χ4n) is 2.34. The molecule has 0 fully saturated rings. The molecule has 0 aromatic heterocycles. The van der Waals surface area contributed by atoms with E-state index in [4.69, 9.17) is 4.74 Å². The Hall–Kier alpha value is -2.89. The van der Waals surface area contributed by atoms with Gasteiger partial charge in [0.25, 0.3) is 11.6 Å². The highest BCUT2D eigenvalue weighted by atomic mass is 16.6. The normalized spacial score (nSPS) is 10.2. The number of carbonyl (C=O) groups is 1. The average molecular weight is 328 g/mol. The maximum Gasteiger partial charge on any atom is 0.270 e. The number of hydrogen-bond donors (Lipinski definition) is 0. The van der Waals surface area contributed by atoms with E-state index in [-0.39, 0.29) is 23.8 Å². The van der Waals surface area contributed by atoms with E-state index < -0.39 is 4.92 Å². The van der Waals surface area contributed by atoms with Crippen molar-refractivity contribution >= 4 is 11.6 Å². The molecule has 2 aromatic carbocycles. The van der Waals surface area contributed by atoms with Crippen LogP contribution in [0.5, 0.6) is 5.75 Å². The molecular formula is C18H20N2O4. The summed E-state index contributed by atoms with van der Waals surface area (Å²) in [6, 6.07) is 13.6. The van der Waals surface area contributed by atoms with Gasteiger partial charge in [0.15, 0.2) is 0 Å². The van der Waals surface area contributed by atoms with Crippen LogP contribution in [-0.2, 0) is 6.61 Å². The standard InChI is InChI=1S/C18H20N2O4/c1-3-19(4-2)18(21)16-12-15(20(22)23)10-11-17(16)24-13-14-8-6-5-7-9-14/h5-12H,3-4,13H2,1-2H3. The average Bonchev–Trinajstić information content (AvgIpc) is 2.61. The summed E-state index contributed by atoms with van der Waals surface area (Å²) in [7, 11) is 0. The number of carbonyl (C=O) groups excluding carboxylic acids is 1. The van der Waals surface area contributed by atoms with Crippen LogP contribution in [0, 0.1) is 10.1 Å². The largest absolute Gasteiger partial charge is 0.488 e. The second kappa shape index (κ2) is 8.10. The first kappa shape index (κ1) is 17.5. The smallest absolute Gasteiger partial charge is 0.270 e. The SMILES string of the molecule is CCN(CC)C(=O)c1cc([N+](=O)[O-])ccc1OCc1ccccc1. The number of non-ortho nitro benzene ring substituents is 1. The highest BCUT2D eigenvalue weighted by molar-refractivity contribution is 5.97. The van der Waals surface area contributed by atoms with Gasteiger partial charge >= 0.3 is 0 Å². The Bertz CT molecular complexity index is 712. The Balaban J connectivity index is 2.31. The third-order valence-corrected chi connectivity index (χ3v) is 3.69. The highest BCUT2D eigenvalue weighted by Crippen LogP contribution is 2.26. The van der Waals surface area contributed by atoms with Crippen LogP contribution in [0.2, 0.25) is 0 Å². The minimum absolute atomic E-state index is 0.127. The minimum atomic E-state index is -0.514. The Morgan fingerprint density at radius 2 is 1.79 bits per heavy atom. The van der Waals surface area contributed by atoms with Crippen molar-refractivity contribution < 1.29 is 14.5 Å². The first-order chi connectivity index (χ1) is 11.6. The van der Waals surface area contributed by atoms with Crippen molar-refractivity contribution in [2.24, 2.45) is 0 Å². The van der Waals surface area contributed by atoms with Crippen molar-refractivity contribution in [1.29, 1.82) is 0 Å². The van der Waals surface area contributed by atoms with Crippen molar-refractivity contribution in [2.75, 3.05) is 13.1 Å². The summed E-state index contributed by atoms with van der Waals surface area (Å²) < 4.78 is 5.75. The van der Waals surface area contributed by atoms with Gasteiger partial charge in [-0.2, -0.15) is 0 Å². The monoisotopic (exact) mass is 328 g/mol. The lowest BCUT2D eigenvalue weighted by Gasteiger charge is -2.20. The molecule has 0 saturated carbocycles. The molecule has 0 spiro atoms. The van der Waals surface area contributed by atoms with Crippen molar-refractivity contribution in [1.82, 2.24) is 4.90 Å². The summed E-state index contributed by atoms with van der Waals surface area (Å²) in [5, 5.41) is 11.0. The number of nitro benzene ring substituents is 1. The second-order valence-electron chi connectivity index (χ2n) is 5.19. The zero-order valence-corrected chi connectivity index (χ0v) is 13.8. The van der Waals surface area contributed by atoms with Gasteiger partial charge in [0.1, 0.15) is 12.4 Å². The van der Waals surface area contributed by atoms with Gasteiger partial charge in [0.2, 0.25) is 0 Å². The molecule has 2 aromatic rings. The molecule has 126 valence electrons. The van der Waals surface area contributed by atoms with Gasteiger partial charge in [-0.25, -0.2) is 0 Å². The lowest BCUT2D eigenvalue weighted by molar-refractivity contribution is -0.384. The second-order valence-corrected chi connectivity index (χ2v) is 5.19. The van der Waals surface area contributed by atoms with Crippen LogP contribution in [0.1, 0.15) is 29.8 Å². The molecule has 0 N–H and O–H groups in total.